The zero-order chi connectivity index (χ0) is 16.2. The number of aromatic amines is 1. The molecule has 0 atom stereocenters. The van der Waals surface area contributed by atoms with Gasteiger partial charge in [-0.05, 0) is 48.5 Å². The Labute approximate surface area is 134 Å². The summed E-state index contributed by atoms with van der Waals surface area (Å²) in [7, 11) is 4.00. The first-order valence-electron chi connectivity index (χ1n) is 7.24. The molecule has 0 amide bonds. The molecule has 0 saturated carbocycles. The number of benzene rings is 2. The summed E-state index contributed by atoms with van der Waals surface area (Å²) < 4.78 is 13.0. The van der Waals surface area contributed by atoms with E-state index in [0.29, 0.717) is 0 Å². The van der Waals surface area contributed by atoms with E-state index in [1.807, 2.05) is 43.3 Å². The Morgan fingerprint density at radius 3 is 2.39 bits per heavy atom. The smallest absolute Gasteiger partial charge is 0.123 e. The number of aromatic nitrogens is 2. The van der Waals surface area contributed by atoms with E-state index in [1.54, 1.807) is 24.5 Å². The first-order valence-corrected chi connectivity index (χ1v) is 7.24. The molecule has 3 rings (SSSR count). The Balaban J connectivity index is 1.83. The second-order valence-corrected chi connectivity index (χ2v) is 5.38. The number of anilines is 1. The Kier molecular flexibility index (Phi) is 4.19. The quantitative estimate of drug-likeness (QED) is 0.739. The maximum absolute atomic E-state index is 13.0. The van der Waals surface area contributed by atoms with E-state index in [4.69, 9.17) is 0 Å². The van der Waals surface area contributed by atoms with Gasteiger partial charge in [-0.3, -0.25) is 10.1 Å². The molecule has 2 aromatic carbocycles. The summed E-state index contributed by atoms with van der Waals surface area (Å²) in [4.78, 5) is 6.51. The number of hydrogen-bond acceptors (Lipinski definition) is 3. The molecule has 1 N–H and O–H groups in total. The van der Waals surface area contributed by atoms with Crippen LogP contribution < -0.4 is 4.90 Å². The molecule has 0 aliphatic carbocycles. The third-order valence-electron chi connectivity index (χ3n) is 3.52. The lowest BCUT2D eigenvalue weighted by molar-refractivity contribution is 0.628. The number of aliphatic imine (C=N–C) groups is 1. The second kappa shape index (κ2) is 6.44. The predicted molar refractivity (Wildman–Crippen MR) is 92.0 cm³/mol. The van der Waals surface area contributed by atoms with Crippen molar-refractivity contribution in [2.45, 2.75) is 0 Å². The maximum atomic E-state index is 13.0. The zero-order valence-electron chi connectivity index (χ0n) is 13.0. The summed E-state index contributed by atoms with van der Waals surface area (Å²) >= 11 is 0. The monoisotopic (exact) mass is 308 g/mol. The highest BCUT2D eigenvalue weighted by atomic mass is 19.1. The molecule has 116 valence electrons. The van der Waals surface area contributed by atoms with Crippen molar-refractivity contribution in [2.24, 2.45) is 4.99 Å². The van der Waals surface area contributed by atoms with Crippen LogP contribution in [0.3, 0.4) is 0 Å². The van der Waals surface area contributed by atoms with Gasteiger partial charge < -0.3 is 4.90 Å². The standard InChI is InChI=1S/C18H17FN4/c1-23(2)17-9-7-16(8-10-17)20-11-14-12-21-22-18(14)13-3-5-15(19)6-4-13/h3-12H,1-2H3,(H,21,22). The summed E-state index contributed by atoms with van der Waals surface area (Å²) in [6, 6.07) is 14.2. The van der Waals surface area contributed by atoms with E-state index in [2.05, 4.69) is 15.2 Å². The predicted octanol–water partition coefficient (Wildman–Crippen LogP) is 4.03. The third-order valence-corrected chi connectivity index (χ3v) is 3.52. The summed E-state index contributed by atoms with van der Waals surface area (Å²) in [5, 5.41) is 6.99. The van der Waals surface area contributed by atoms with E-state index >= 15 is 0 Å². The van der Waals surface area contributed by atoms with Crippen molar-refractivity contribution >= 4 is 17.6 Å². The van der Waals surface area contributed by atoms with Crippen LogP contribution in [0.4, 0.5) is 15.8 Å². The topological polar surface area (TPSA) is 44.3 Å². The minimum atomic E-state index is -0.260. The van der Waals surface area contributed by atoms with Crippen LogP contribution in [0, 0.1) is 5.82 Å². The van der Waals surface area contributed by atoms with Gasteiger partial charge in [0.1, 0.15) is 5.82 Å². The van der Waals surface area contributed by atoms with Gasteiger partial charge >= 0.3 is 0 Å². The number of rotatable bonds is 4. The Morgan fingerprint density at radius 2 is 1.74 bits per heavy atom. The highest BCUT2D eigenvalue weighted by molar-refractivity contribution is 5.89. The van der Waals surface area contributed by atoms with Gasteiger partial charge in [-0.2, -0.15) is 5.10 Å². The molecule has 0 spiro atoms. The highest BCUT2D eigenvalue weighted by Crippen LogP contribution is 2.22. The number of nitrogens with one attached hydrogen (secondary N) is 1. The minimum absolute atomic E-state index is 0.260. The molecule has 4 nitrogen and oxygen atoms in total. The fraction of sp³-hybridized carbons (Fsp3) is 0.111. The van der Waals surface area contributed by atoms with Crippen molar-refractivity contribution < 1.29 is 4.39 Å². The molecule has 0 unspecified atom stereocenters. The molecule has 1 aromatic heterocycles. The number of nitrogens with zero attached hydrogens (tertiary/aromatic N) is 3. The van der Waals surface area contributed by atoms with Crippen LogP contribution in [-0.2, 0) is 0 Å². The molecule has 0 fully saturated rings. The molecule has 0 aliphatic heterocycles. The van der Waals surface area contributed by atoms with Crippen molar-refractivity contribution in [1.82, 2.24) is 10.2 Å². The van der Waals surface area contributed by atoms with Crippen molar-refractivity contribution in [3.8, 4) is 11.3 Å². The molecule has 0 aliphatic rings. The Morgan fingerprint density at radius 1 is 1.04 bits per heavy atom. The molecule has 23 heavy (non-hydrogen) atoms. The Bertz CT molecular complexity index is 802. The van der Waals surface area contributed by atoms with Gasteiger partial charge in [0.25, 0.3) is 0 Å². The van der Waals surface area contributed by atoms with Crippen molar-refractivity contribution in [3.05, 3.63) is 66.1 Å². The molecule has 1 heterocycles. The Hall–Kier alpha value is -2.95. The van der Waals surface area contributed by atoms with Crippen molar-refractivity contribution in [1.29, 1.82) is 0 Å². The van der Waals surface area contributed by atoms with E-state index < -0.39 is 0 Å². The van der Waals surface area contributed by atoms with Gasteiger partial charge in [0, 0.05) is 37.1 Å². The number of H-pyrrole nitrogens is 1. The molecule has 0 saturated heterocycles. The van der Waals surface area contributed by atoms with Crippen LogP contribution in [0.2, 0.25) is 0 Å². The van der Waals surface area contributed by atoms with E-state index in [9.17, 15) is 4.39 Å². The summed E-state index contributed by atoms with van der Waals surface area (Å²) in [6.45, 7) is 0. The summed E-state index contributed by atoms with van der Waals surface area (Å²) in [5.41, 5.74) is 4.53. The SMILES string of the molecule is CN(C)c1ccc(N=Cc2cn[nH]c2-c2ccc(F)cc2)cc1. The van der Waals surface area contributed by atoms with Gasteiger partial charge in [-0.25, -0.2) is 4.39 Å². The number of halogens is 1. The molecule has 5 heteroatoms. The van der Waals surface area contributed by atoms with Crippen LogP contribution in [0.1, 0.15) is 5.56 Å². The van der Waals surface area contributed by atoms with Crippen molar-refractivity contribution in [3.63, 3.8) is 0 Å². The van der Waals surface area contributed by atoms with Gasteiger partial charge in [-0.15, -0.1) is 0 Å². The number of hydrogen-bond donors (Lipinski definition) is 1. The molecule has 3 aromatic rings. The lowest BCUT2D eigenvalue weighted by Gasteiger charge is -2.11. The van der Waals surface area contributed by atoms with E-state index in [1.165, 1.54) is 12.1 Å². The first kappa shape index (κ1) is 15.0. The van der Waals surface area contributed by atoms with Gasteiger partial charge in [0.05, 0.1) is 17.6 Å². The second-order valence-electron chi connectivity index (χ2n) is 5.38. The summed E-state index contributed by atoms with van der Waals surface area (Å²) in [5.74, 6) is -0.260. The average Bonchev–Trinajstić information content (AvgIpc) is 3.02. The van der Waals surface area contributed by atoms with Crippen LogP contribution >= 0.6 is 0 Å². The van der Waals surface area contributed by atoms with Crippen LogP contribution in [-0.4, -0.2) is 30.5 Å². The van der Waals surface area contributed by atoms with Gasteiger partial charge in [-0.1, -0.05) is 0 Å². The largest absolute Gasteiger partial charge is 0.378 e. The minimum Gasteiger partial charge on any atom is -0.378 e. The zero-order valence-corrected chi connectivity index (χ0v) is 13.0. The molecule has 0 radical (unpaired) electrons. The maximum Gasteiger partial charge on any atom is 0.123 e. The fourth-order valence-electron chi connectivity index (χ4n) is 2.22. The first-order chi connectivity index (χ1) is 11.1. The summed E-state index contributed by atoms with van der Waals surface area (Å²) in [6.07, 6.45) is 3.46. The van der Waals surface area contributed by atoms with Gasteiger partial charge in [0.2, 0.25) is 0 Å². The normalized spacial score (nSPS) is 11.1. The van der Waals surface area contributed by atoms with Crippen LogP contribution in [0.5, 0.6) is 0 Å². The lowest BCUT2D eigenvalue weighted by Crippen LogP contribution is -2.07. The van der Waals surface area contributed by atoms with Crippen LogP contribution in [0.25, 0.3) is 11.3 Å². The molecular weight excluding hydrogens is 291 g/mol. The van der Waals surface area contributed by atoms with E-state index in [0.717, 1.165) is 28.2 Å². The lowest BCUT2D eigenvalue weighted by atomic mass is 10.1. The molecular formula is C18H17FN4. The van der Waals surface area contributed by atoms with E-state index in [-0.39, 0.29) is 5.82 Å². The fourth-order valence-corrected chi connectivity index (χ4v) is 2.22. The molecule has 0 bridgehead atoms. The van der Waals surface area contributed by atoms with Gasteiger partial charge in [0.15, 0.2) is 0 Å². The van der Waals surface area contributed by atoms with Crippen LogP contribution in [0.15, 0.2) is 59.7 Å². The highest BCUT2D eigenvalue weighted by Gasteiger charge is 2.06. The average molecular weight is 308 g/mol. The third kappa shape index (κ3) is 3.45. The van der Waals surface area contributed by atoms with Crippen molar-refractivity contribution in [2.75, 3.05) is 19.0 Å².